The highest BCUT2D eigenvalue weighted by molar-refractivity contribution is 9.10. The standard InChI is InChI=1S/C17H24BrN3O3/c1-11-8-13(18)14(19-9-11)15(22)21-7-6-20(10-12(21)2)16(23)24-17(3,4)5/h8-9,12H,6-7,10H2,1-5H3. The molecule has 1 aliphatic rings. The molecule has 2 rings (SSSR count). The number of amides is 2. The van der Waals surface area contributed by atoms with Gasteiger partial charge in [-0.05, 0) is 62.2 Å². The molecule has 1 unspecified atom stereocenters. The predicted octanol–water partition coefficient (Wildman–Crippen LogP) is 3.23. The van der Waals surface area contributed by atoms with Gasteiger partial charge in [0.25, 0.3) is 5.91 Å². The SMILES string of the molecule is Cc1cnc(C(=O)N2CCN(C(=O)OC(C)(C)C)CC2C)c(Br)c1. The van der Waals surface area contributed by atoms with Crippen LogP contribution in [0.1, 0.15) is 43.7 Å². The third-order valence-corrected chi connectivity index (χ3v) is 4.33. The van der Waals surface area contributed by atoms with Gasteiger partial charge in [0.05, 0.1) is 0 Å². The highest BCUT2D eigenvalue weighted by Crippen LogP contribution is 2.21. The fourth-order valence-corrected chi connectivity index (χ4v) is 3.21. The number of aryl methyl sites for hydroxylation is 1. The van der Waals surface area contributed by atoms with Crippen molar-refractivity contribution in [1.29, 1.82) is 0 Å². The summed E-state index contributed by atoms with van der Waals surface area (Å²) in [5, 5.41) is 0. The fourth-order valence-electron chi connectivity index (χ4n) is 2.58. The second kappa shape index (κ2) is 7.09. The van der Waals surface area contributed by atoms with Crippen molar-refractivity contribution < 1.29 is 14.3 Å². The van der Waals surface area contributed by atoms with Crippen molar-refractivity contribution in [2.75, 3.05) is 19.6 Å². The number of carbonyl (C=O) groups is 2. The molecule has 2 heterocycles. The van der Waals surface area contributed by atoms with E-state index >= 15 is 0 Å². The number of carbonyl (C=O) groups excluding carboxylic acids is 2. The van der Waals surface area contributed by atoms with Crippen LogP contribution in [0.25, 0.3) is 0 Å². The Morgan fingerprint density at radius 1 is 1.33 bits per heavy atom. The molecule has 1 aromatic rings. The molecule has 1 aliphatic heterocycles. The van der Waals surface area contributed by atoms with E-state index < -0.39 is 5.60 Å². The Bertz CT molecular complexity index is 642. The van der Waals surface area contributed by atoms with Crippen LogP contribution in [-0.4, -0.2) is 58.1 Å². The summed E-state index contributed by atoms with van der Waals surface area (Å²) in [5.74, 6) is -0.127. The molecular formula is C17H24BrN3O3. The Balaban J connectivity index is 2.05. The molecule has 132 valence electrons. The van der Waals surface area contributed by atoms with Gasteiger partial charge in [-0.3, -0.25) is 4.79 Å². The maximum absolute atomic E-state index is 12.7. The smallest absolute Gasteiger partial charge is 0.410 e. The van der Waals surface area contributed by atoms with E-state index in [2.05, 4.69) is 20.9 Å². The molecule has 0 aliphatic carbocycles. The van der Waals surface area contributed by atoms with Crippen LogP contribution in [0, 0.1) is 6.92 Å². The lowest BCUT2D eigenvalue weighted by Gasteiger charge is -2.40. The highest BCUT2D eigenvalue weighted by Gasteiger charge is 2.33. The first-order valence-corrected chi connectivity index (χ1v) is 8.79. The molecule has 0 spiro atoms. The second-order valence-electron chi connectivity index (χ2n) is 7.12. The summed E-state index contributed by atoms with van der Waals surface area (Å²) < 4.78 is 6.09. The van der Waals surface area contributed by atoms with Gasteiger partial charge in [0.1, 0.15) is 11.3 Å². The minimum absolute atomic E-state index is 0.103. The summed E-state index contributed by atoms with van der Waals surface area (Å²) in [5.41, 5.74) is 0.864. The summed E-state index contributed by atoms with van der Waals surface area (Å²) in [6, 6.07) is 1.77. The molecule has 6 nitrogen and oxygen atoms in total. The summed E-state index contributed by atoms with van der Waals surface area (Å²) in [6.45, 7) is 10.7. The molecule has 0 aromatic carbocycles. The second-order valence-corrected chi connectivity index (χ2v) is 7.97. The van der Waals surface area contributed by atoms with Gasteiger partial charge in [0.2, 0.25) is 0 Å². The minimum atomic E-state index is -0.524. The molecule has 0 radical (unpaired) electrons. The molecule has 0 N–H and O–H groups in total. The lowest BCUT2D eigenvalue weighted by Crippen LogP contribution is -2.56. The number of aromatic nitrogens is 1. The van der Waals surface area contributed by atoms with Gasteiger partial charge in [-0.2, -0.15) is 0 Å². The van der Waals surface area contributed by atoms with Crippen LogP contribution in [0.5, 0.6) is 0 Å². The van der Waals surface area contributed by atoms with Gasteiger partial charge in [-0.15, -0.1) is 0 Å². The van der Waals surface area contributed by atoms with Crippen LogP contribution in [0.4, 0.5) is 4.79 Å². The molecule has 1 aromatic heterocycles. The first kappa shape index (κ1) is 18.7. The van der Waals surface area contributed by atoms with Gasteiger partial charge in [-0.25, -0.2) is 9.78 Å². The van der Waals surface area contributed by atoms with Gasteiger partial charge in [0, 0.05) is 36.3 Å². The number of ether oxygens (including phenoxy) is 1. The third-order valence-electron chi connectivity index (χ3n) is 3.72. The molecule has 24 heavy (non-hydrogen) atoms. The van der Waals surface area contributed by atoms with E-state index in [1.165, 1.54) is 0 Å². The number of halogens is 1. The molecular weight excluding hydrogens is 374 g/mol. The van der Waals surface area contributed by atoms with Gasteiger partial charge in [0.15, 0.2) is 0 Å². The quantitative estimate of drug-likeness (QED) is 0.729. The Hall–Kier alpha value is -1.63. The topological polar surface area (TPSA) is 62.7 Å². The summed E-state index contributed by atoms with van der Waals surface area (Å²) >= 11 is 3.41. The Morgan fingerprint density at radius 3 is 2.54 bits per heavy atom. The van der Waals surface area contributed by atoms with E-state index in [-0.39, 0.29) is 18.0 Å². The normalized spacial score (nSPS) is 18.5. The monoisotopic (exact) mass is 397 g/mol. The van der Waals surface area contributed by atoms with Crippen molar-refractivity contribution in [1.82, 2.24) is 14.8 Å². The van der Waals surface area contributed by atoms with E-state index in [0.29, 0.717) is 29.8 Å². The zero-order chi connectivity index (χ0) is 18.1. The number of hydrogen-bond acceptors (Lipinski definition) is 4. The summed E-state index contributed by atoms with van der Waals surface area (Å²) in [6.07, 6.45) is 1.34. The average Bonchev–Trinajstić information content (AvgIpc) is 2.44. The van der Waals surface area contributed by atoms with Crippen molar-refractivity contribution in [3.8, 4) is 0 Å². The Labute approximate surface area is 151 Å². The van der Waals surface area contributed by atoms with Crippen LogP contribution < -0.4 is 0 Å². The first-order chi connectivity index (χ1) is 11.1. The van der Waals surface area contributed by atoms with Crippen LogP contribution >= 0.6 is 15.9 Å². The van der Waals surface area contributed by atoms with Crippen molar-refractivity contribution in [3.63, 3.8) is 0 Å². The number of nitrogens with zero attached hydrogens (tertiary/aromatic N) is 3. The fraction of sp³-hybridized carbons (Fsp3) is 0.588. The first-order valence-electron chi connectivity index (χ1n) is 7.99. The Kier molecular flexibility index (Phi) is 5.52. The average molecular weight is 398 g/mol. The van der Waals surface area contributed by atoms with Crippen LogP contribution in [0.3, 0.4) is 0 Å². The van der Waals surface area contributed by atoms with E-state index in [1.54, 1.807) is 16.0 Å². The zero-order valence-corrected chi connectivity index (χ0v) is 16.4. The molecule has 0 bridgehead atoms. The van der Waals surface area contributed by atoms with Crippen molar-refractivity contribution in [3.05, 3.63) is 28.0 Å². The lowest BCUT2D eigenvalue weighted by atomic mass is 10.1. The van der Waals surface area contributed by atoms with Crippen LogP contribution in [0.2, 0.25) is 0 Å². The number of pyridine rings is 1. The van der Waals surface area contributed by atoms with Crippen LogP contribution in [-0.2, 0) is 4.74 Å². The molecule has 7 heteroatoms. The van der Waals surface area contributed by atoms with Crippen molar-refractivity contribution in [2.24, 2.45) is 0 Å². The van der Waals surface area contributed by atoms with Gasteiger partial charge >= 0.3 is 6.09 Å². The van der Waals surface area contributed by atoms with Crippen molar-refractivity contribution >= 4 is 27.9 Å². The maximum Gasteiger partial charge on any atom is 0.410 e. The highest BCUT2D eigenvalue weighted by atomic mass is 79.9. The maximum atomic E-state index is 12.7. The molecule has 1 fully saturated rings. The van der Waals surface area contributed by atoms with E-state index in [1.807, 2.05) is 40.7 Å². The molecule has 2 amide bonds. The third kappa shape index (κ3) is 4.47. The van der Waals surface area contributed by atoms with Gasteiger partial charge < -0.3 is 14.5 Å². The minimum Gasteiger partial charge on any atom is -0.444 e. The van der Waals surface area contributed by atoms with Crippen LogP contribution in [0.15, 0.2) is 16.7 Å². The number of hydrogen-bond donors (Lipinski definition) is 0. The van der Waals surface area contributed by atoms with E-state index in [9.17, 15) is 9.59 Å². The molecule has 0 saturated carbocycles. The molecule has 1 saturated heterocycles. The summed E-state index contributed by atoms with van der Waals surface area (Å²) in [4.78, 5) is 32.6. The van der Waals surface area contributed by atoms with E-state index in [0.717, 1.165) is 5.56 Å². The zero-order valence-electron chi connectivity index (χ0n) is 14.8. The van der Waals surface area contributed by atoms with Gasteiger partial charge in [-0.1, -0.05) is 0 Å². The predicted molar refractivity (Wildman–Crippen MR) is 95.0 cm³/mol. The lowest BCUT2D eigenvalue weighted by molar-refractivity contribution is 0.00604. The largest absolute Gasteiger partial charge is 0.444 e. The number of piperazine rings is 1. The summed E-state index contributed by atoms with van der Waals surface area (Å²) in [7, 11) is 0. The van der Waals surface area contributed by atoms with Crippen molar-refractivity contribution in [2.45, 2.75) is 46.3 Å². The van der Waals surface area contributed by atoms with E-state index in [4.69, 9.17) is 4.74 Å². The number of rotatable bonds is 1. The molecule has 1 atom stereocenters. The Morgan fingerprint density at radius 2 is 2.00 bits per heavy atom.